The monoisotopic (exact) mass is 469 g/mol. The van der Waals surface area contributed by atoms with E-state index in [1.165, 1.54) is 0 Å². The molecule has 2 aromatic rings. The molecule has 11 heteroatoms. The number of ether oxygens (including phenoxy) is 4. The molecule has 2 N–H and O–H groups in total. The summed E-state index contributed by atoms with van der Waals surface area (Å²) in [4.78, 5) is 6.93. The third kappa shape index (κ3) is 6.35. The minimum Gasteiger partial charge on any atom is -0.493 e. The second-order valence-electron chi connectivity index (χ2n) is 7.58. The predicted octanol–water partition coefficient (Wildman–Crippen LogP) is 2.10. The molecule has 0 radical (unpaired) electrons. The summed E-state index contributed by atoms with van der Waals surface area (Å²) in [6, 6.07) is 5.72. The maximum absolute atomic E-state index is 11.0. The van der Waals surface area contributed by atoms with Gasteiger partial charge in [-0.3, -0.25) is 4.18 Å². The molecular formula is C21H31N3O7S. The Morgan fingerprint density at radius 1 is 1.03 bits per heavy atom. The molecule has 1 aliphatic rings. The Bertz CT molecular complexity index is 1010. The lowest BCUT2D eigenvalue weighted by Crippen LogP contribution is -2.34. The first-order chi connectivity index (χ1) is 15.3. The van der Waals surface area contributed by atoms with Gasteiger partial charge >= 0.3 is 10.3 Å². The quantitative estimate of drug-likeness (QED) is 0.493. The molecule has 32 heavy (non-hydrogen) atoms. The third-order valence-electron chi connectivity index (χ3n) is 5.53. The number of rotatable bonds is 11. The molecule has 3 rings (SSSR count). The summed E-state index contributed by atoms with van der Waals surface area (Å²) in [6.45, 7) is 2.59. The van der Waals surface area contributed by atoms with Gasteiger partial charge in [-0.25, -0.2) is 10.1 Å². The number of benzene rings is 1. The normalized spacial score (nSPS) is 15.2. The minimum absolute atomic E-state index is 0.107. The van der Waals surface area contributed by atoms with Crippen molar-refractivity contribution in [3.05, 3.63) is 18.2 Å². The van der Waals surface area contributed by atoms with Crippen LogP contribution >= 0.6 is 0 Å². The molecular weight excluding hydrogens is 438 g/mol. The zero-order valence-corrected chi connectivity index (χ0v) is 19.5. The number of hydrogen-bond donors (Lipinski definition) is 1. The highest BCUT2D eigenvalue weighted by Gasteiger charge is 2.23. The highest BCUT2D eigenvalue weighted by atomic mass is 32.2. The fourth-order valence-corrected chi connectivity index (χ4v) is 4.20. The van der Waals surface area contributed by atoms with Crippen molar-refractivity contribution in [1.29, 1.82) is 0 Å². The van der Waals surface area contributed by atoms with Crippen LogP contribution in [0.1, 0.15) is 19.3 Å². The number of piperidine rings is 1. The number of nitrogens with two attached hydrogens (primary N) is 1. The lowest BCUT2D eigenvalue weighted by atomic mass is 9.93. The maximum atomic E-state index is 11.0. The van der Waals surface area contributed by atoms with Crippen LogP contribution in [0.15, 0.2) is 18.2 Å². The largest absolute Gasteiger partial charge is 0.493 e. The maximum Gasteiger partial charge on any atom is 0.333 e. The molecule has 10 nitrogen and oxygen atoms in total. The van der Waals surface area contributed by atoms with Crippen LogP contribution < -0.4 is 24.2 Å². The van der Waals surface area contributed by atoms with Crippen LogP contribution in [0, 0.1) is 5.92 Å². The van der Waals surface area contributed by atoms with Crippen LogP contribution in [-0.4, -0.2) is 67.6 Å². The minimum atomic E-state index is -3.89. The van der Waals surface area contributed by atoms with Gasteiger partial charge in [0.05, 0.1) is 38.6 Å². The SMILES string of the molecule is COCCOc1cc(N2CCC(CCOS(N)(=O)=O)CC2)c2cc(OC)c(OC)cc2n1. The number of pyridine rings is 1. The van der Waals surface area contributed by atoms with Crippen molar-refractivity contribution >= 4 is 26.9 Å². The predicted molar refractivity (Wildman–Crippen MR) is 121 cm³/mol. The molecule has 1 aromatic carbocycles. The van der Waals surface area contributed by atoms with Gasteiger partial charge in [0.1, 0.15) is 6.61 Å². The number of anilines is 1. The Morgan fingerprint density at radius 3 is 2.34 bits per heavy atom. The summed E-state index contributed by atoms with van der Waals surface area (Å²) >= 11 is 0. The van der Waals surface area contributed by atoms with Crippen LogP contribution in [0.5, 0.6) is 17.4 Å². The molecule has 0 aliphatic carbocycles. The van der Waals surface area contributed by atoms with Crippen molar-refractivity contribution < 1.29 is 31.5 Å². The van der Waals surface area contributed by atoms with Gasteiger partial charge in [0.2, 0.25) is 5.88 Å². The Balaban J connectivity index is 1.82. The Kier molecular flexibility index (Phi) is 8.35. The molecule has 0 spiro atoms. The smallest absolute Gasteiger partial charge is 0.333 e. The molecule has 1 saturated heterocycles. The highest BCUT2D eigenvalue weighted by Crippen LogP contribution is 2.39. The van der Waals surface area contributed by atoms with Gasteiger partial charge in [-0.2, -0.15) is 8.42 Å². The summed E-state index contributed by atoms with van der Waals surface area (Å²) in [5.74, 6) is 2.11. The fourth-order valence-electron chi connectivity index (χ4n) is 3.87. The van der Waals surface area contributed by atoms with E-state index < -0.39 is 10.3 Å². The summed E-state index contributed by atoms with van der Waals surface area (Å²) in [5, 5.41) is 5.84. The van der Waals surface area contributed by atoms with E-state index in [1.807, 2.05) is 18.2 Å². The van der Waals surface area contributed by atoms with E-state index in [0.717, 1.165) is 42.5 Å². The topological polar surface area (TPSA) is 122 Å². The average Bonchev–Trinajstić information content (AvgIpc) is 2.77. The second kappa shape index (κ2) is 11.0. The van der Waals surface area contributed by atoms with Gasteiger partial charge < -0.3 is 23.8 Å². The van der Waals surface area contributed by atoms with Gasteiger partial charge in [0.15, 0.2) is 11.5 Å². The van der Waals surface area contributed by atoms with E-state index in [2.05, 4.69) is 14.1 Å². The van der Waals surface area contributed by atoms with E-state index in [1.54, 1.807) is 21.3 Å². The van der Waals surface area contributed by atoms with Gasteiger partial charge in [-0.1, -0.05) is 0 Å². The molecule has 0 bridgehead atoms. The molecule has 2 heterocycles. The van der Waals surface area contributed by atoms with Crippen molar-refractivity contribution in [3.63, 3.8) is 0 Å². The Hall–Kier alpha value is -2.34. The van der Waals surface area contributed by atoms with E-state index in [-0.39, 0.29) is 6.61 Å². The lowest BCUT2D eigenvalue weighted by Gasteiger charge is -2.34. The van der Waals surface area contributed by atoms with E-state index in [4.69, 9.17) is 24.1 Å². The first-order valence-corrected chi connectivity index (χ1v) is 11.9. The van der Waals surface area contributed by atoms with E-state index >= 15 is 0 Å². The molecule has 0 amide bonds. The number of nitrogens with zero attached hydrogens (tertiary/aromatic N) is 2. The lowest BCUT2D eigenvalue weighted by molar-refractivity contribution is 0.144. The second-order valence-corrected chi connectivity index (χ2v) is 8.80. The number of methoxy groups -OCH3 is 3. The van der Waals surface area contributed by atoms with Crippen molar-refractivity contribution in [3.8, 4) is 17.4 Å². The molecule has 1 fully saturated rings. The first-order valence-electron chi connectivity index (χ1n) is 10.4. The number of aromatic nitrogens is 1. The Morgan fingerprint density at radius 2 is 1.72 bits per heavy atom. The summed E-state index contributed by atoms with van der Waals surface area (Å²) < 4.78 is 48.4. The van der Waals surface area contributed by atoms with Gasteiger partial charge in [0.25, 0.3) is 0 Å². The van der Waals surface area contributed by atoms with Crippen LogP contribution in [-0.2, 0) is 19.2 Å². The summed E-state index contributed by atoms with van der Waals surface area (Å²) in [7, 11) is 0.927. The van der Waals surface area contributed by atoms with Crippen molar-refractivity contribution in [2.45, 2.75) is 19.3 Å². The van der Waals surface area contributed by atoms with Crippen molar-refractivity contribution in [2.24, 2.45) is 11.1 Å². The fraction of sp³-hybridized carbons (Fsp3) is 0.571. The zero-order valence-electron chi connectivity index (χ0n) is 18.7. The van der Waals surface area contributed by atoms with Crippen LogP contribution in [0.3, 0.4) is 0 Å². The molecule has 0 unspecified atom stereocenters. The van der Waals surface area contributed by atoms with Crippen LogP contribution in [0.2, 0.25) is 0 Å². The summed E-state index contributed by atoms with van der Waals surface area (Å²) in [5.41, 5.74) is 1.75. The zero-order chi connectivity index (χ0) is 23.1. The molecule has 0 saturated carbocycles. The molecule has 1 aromatic heterocycles. The average molecular weight is 470 g/mol. The number of fused-ring (bicyclic) bond motifs is 1. The van der Waals surface area contributed by atoms with Gasteiger partial charge in [0, 0.05) is 37.7 Å². The highest BCUT2D eigenvalue weighted by molar-refractivity contribution is 7.84. The standard InChI is InChI=1S/C21H31N3O7S/c1-27-10-11-30-21-14-18(16-12-19(28-2)20(29-3)13-17(16)23-21)24-7-4-15(5-8-24)6-9-31-32(22,25)26/h12-15H,4-11H2,1-3H3,(H2,22,25,26). The molecule has 178 valence electrons. The summed E-state index contributed by atoms with van der Waals surface area (Å²) in [6.07, 6.45) is 2.47. The van der Waals surface area contributed by atoms with Crippen molar-refractivity contribution in [2.75, 3.05) is 59.1 Å². The van der Waals surface area contributed by atoms with E-state index in [0.29, 0.717) is 42.9 Å². The van der Waals surface area contributed by atoms with Gasteiger partial charge in [-0.05, 0) is 31.2 Å². The van der Waals surface area contributed by atoms with Crippen molar-refractivity contribution in [1.82, 2.24) is 4.98 Å². The molecule has 0 atom stereocenters. The first kappa shape index (κ1) is 24.3. The third-order valence-corrected chi connectivity index (χ3v) is 6.03. The van der Waals surface area contributed by atoms with E-state index in [9.17, 15) is 8.42 Å². The Labute approximate surface area is 188 Å². The van der Waals surface area contributed by atoms with Crippen LogP contribution in [0.25, 0.3) is 10.9 Å². The van der Waals surface area contributed by atoms with Crippen LogP contribution in [0.4, 0.5) is 5.69 Å². The number of hydrogen-bond acceptors (Lipinski definition) is 9. The molecule has 1 aliphatic heterocycles. The van der Waals surface area contributed by atoms with Gasteiger partial charge in [-0.15, -0.1) is 0 Å².